The molecule has 0 aromatic heterocycles. The Morgan fingerprint density at radius 3 is 2.69 bits per heavy atom. The van der Waals surface area contributed by atoms with Gasteiger partial charge >= 0.3 is 5.97 Å². The molecule has 13 heavy (non-hydrogen) atoms. The monoisotopic (exact) mass is 213 g/mol. The van der Waals surface area contributed by atoms with Gasteiger partial charge in [-0.1, -0.05) is 11.6 Å². The molecule has 0 bridgehead atoms. The minimum atomic E-state index is -1.16. The summed E-state index contributed by atoms with van der Waals surface area (Å²) in [7, 11) is 0. The van der Waals surface area contributed by atoms with E-state index in [1.807, 2.05) is 6.07 Å². The minimum absolute atomic E-state index is 0.0801. The molecule has 0 unspecified atom stereocenters. The lowest BCUT2D eigenvalue weighted by molar-refractivity contribution is 0.0697. The van der Waals surface area contributed by atoms with Crippen LogP contribution in [-0.2, 0) is 0 Å². The standard InChI is InChI=1S/C8H4ClNO2S/c9-6-2-7(13)4(3-10)1-5(6)8(11)12/h1-2,13H,(H,11,12). The maximum atomic E-state index is 10.6. The number of nitrogens with zero attached hydrogens (tertiary/aromatic N) is 1. The van der Waals surface area contributed by atoms with Crippen LogP contribution in [0.2, 0.25) is 5.02 Å². The number of hydrogen-bond donors (Lipinski definition) is 2. The molecule has 0 spiro atoms. The van der Waals surface area contributed by atoms with Crippen molar-refractivity contribution < 1.29 is 9.90 Å². The van der Waals surface area contributed by atoms with Crippen molar-refractivity contribution in [3.8, 4) is 6.07 Å². The van der Waals surface area contributed by atoms with Gasteiger partial charge in [0.25, 0.3) is 0 Å². The number of rotatable bonds is 1. The van der Waals surface area contributed by atoms with Gasteiger partial charge in [0, 0.05) is 4.90 Å². The normalized spacial score (nSPS) is 9.31. The number of carbonyl (C=O) groups is 1. The van der Waals surface area contributed by atoms with Crippen LogP contribution >= 0.6 is 24.2 Å². The van der Waals surface area contributed by atoms with E-state index >= 15 is 0 Å². The summed E-state index contributed by atoms with van der Waals surface area (Å²) in [6.45, 7) is 0. The predicted octanol–water partition coefficient (Wildman–Crippen LogP) is 2.20. The molecular weight excluding hydrogens is 210 g/mol. The summed E-state index contributed by atoms with van der Waals surface area (Å²) in [6.07, 6.45) is 0. The molecular formula is C8H4ClNO2S. The SMILES string of the molecule is N#Cc1cc(C(=O)O)c(Cl)cc1S. The Bertz CT molecular complexity index is 411. The Morgan fingerprint density at radius 2 is 2.23 bits per heavy atom. The zero-order chi connectivity index (χ0) is 10.0. The fraction of sp³-hybridized carbons (Fsp3) is 0. The number of carboxylic acids is 1. The van der Waals surface area contributed by atoms with Crippen LogP contribution in [0.3, 0.4) is 0 Å². The summed E-state index contributed by atoms with van der Waals surface area (Å²) in [5.74, 6) is -1.16. The van der Waals surface area contributed by atoms with Gasteiger partial charge < -0.3 is 5.11 Å². The average molecular weight is 214 g/mol. The molecule has 1 aromatic rings. The van der Waals surface area contributed by atoms with Crippen molar-refractivity contribution in [3.63, 3.8) is 0 Å². The molecule has 1 rings (SSSR count). The van der Waals surface area contributed by atoms with E-state index in [4.69, 9.17) is 22.0 Å². The Hall–Kier alpha value is -1.18. The fourth-order valence-corrected chi connectivity index (χ4v) is 1.38. The molecule has 0 fully saturated rings. The van der Waals surface area contributed by atoms with Crippen molar-refractivity contribution in [1.29, 1.82) is 5.26 Å². The summed E-state index contributed by atoms with van der Waals surface area (Å²) in [4.78, 5) is 11.0. The largest absolute Gasteiger partial charge is 0.478 e. The Kier molecular flexibility index (Phi) is 2.81. The first-order valence-corrected chi connectivity index (χ1v) is 4.04. The zero-order valence-corrected chi connectivity index (χ0v) is 7.93. The van der Waals surface area contributed by atoms with Crippen molar-refractivity contribution in [2.75, 3.05) is 0 Å². The van der Waals surface area contributed by atoms with E-state index in [1.165, 1.54) is 12.1 Å². The van der Waals surface area contributed by atoms with Gasteiger partial charge in [-0.2, -0.15) is 5.26 Å². The number of halogens is 1. The lowest BCUT2D eigenvalue weighted by atomic mass is 10.1. The van der Waals surface area contributed by atoms with Crippen LogP contribution < -0.4 is 0 Å². The first-order valence-electron chi connectivity index (χ1n) is 3.22. The van der Waals surface area contributed by atoms with Crippen molar-refractivity contribution in [1.82, 2.24) is 0 Å². The molecule has 5 heteroatoms. The smallest absolute Gasteiger partial charge is 0.337 e. The number of benzene rings is 1. The quantitative estimate of drug-likeness (QED) is 0.703. The highest BCUT2D eigenvalue weighted by atomic mass is 35.5. The van der Waals surface area contributed by atoms with E-state index in [2.05, 4.69) is 12.6 Å². The molecule has 0 aliphatic heterocycles. The highest BCUT2D eigenvalue weighted by Gasteiger charge is 2.11. The van der Waals surface area contributed by atoms with Gasteiger partial charge in [0.05, 0.1) is 16.1 Å². The molecule has 0 aliphatic carbocycles. The lowest BCUT2D eigenvalue weighted by Crippen LogP contribution is -1.98. The maximum absolute atomic E-state index is 10.6. The molecule has 0 atom stereocenters. The third-order valence-corrected chi connectivity index (χ3v) is 2.12. The van der Waals surface area contributed by atoms with E-state index in [1.54, 1.807) is 0 Å². The summed E-state index contributed by atoms with van der Waals surface area (Å²) >= 11 is 9.58. The molecule has 0 amide bonds. The average Bonchev–Trinajstić information content (AvgIpc) is 2.03. The second-order valence-electron chi connectivity index (χ2n) is 2.27. The number of nitriles is 1. The molecule has 0 saturated heterocycles. The number of aromatic carboxylic acids is 1. The number of carboxylic acid groups (broad SMARTS) is 1. The maximum Gasteiger partial charge on any atom is 0.337 e. The first-order chi connectivity index (χ1) is 6.06. The summed E-state index contributed by atoms with van der Waals surface area (Å²) in [5, 5.41) is 17.3. The topological polar surface area (TPSA) is 61.1 Å². The highest BCUT2D eigenvalue weighted by molar-refractivity contribution is 7.80. The van der Waals surface area contributed by atoms with Gasteiger partial charge in [-0.15, -0.1) is 12.6 Å². The van der Waals surface area contributed by atoms with Crippen molar-refractivity contribution in [2.45, 2.75) is 4.90 Å². The molecule has 1 N–H and O–H groups in total. The molecule has 0 saturated carbocycles. The minimum Gasteiger partial charge on any atom is -0.478 e. The van der Waals surface area contributed by atoms with Crippen LogP contribution in [0.25, 0.3) is 0 Å². The second-order valence-corrected chi connectivity index (χ2v) is 3.16. The van der Waals surface area contributed by atoms with E-state index in [0.29, 0.717) is 4.90 Å². The lowest BCUT2D eigenvalue weighted by Gasteiger charge is -2.01. The predicted molar refractivity (Wildman–Crippen MR) is 50.4 cm³/mol. The van der Waals surface area contributed by atoms with E-state index < -0.39 is 5.97 Å². The van der Waals surface area contributed by atoms with Crippen LogP contribution in [0.4, 0.5) is 0 Å². The van der Waals surface area contributed by atoms with Gasteiger partial charge in [0.2, 0.25) is 0 Å². The molecule has 0 aliphatic rings. The van der Waals surface area contributed by atoms with Crippen molar-refractivity contribution in [2.24, 2.45) is 0 Å². The number of thiol groups is 1. The summed E-state index contributed by atoms with van der Waals surface area (Å²) in [6, 6.07) is 4.36. The Labute approximate surface area is 85.0 Å². The highest BCUT2D eigenvalue weighted by Crippen LogP contribution is 2.23. The zero-order valence-electron chi connectivity index (χ0n) is 6.28. The number of hydrogen-bond acceptors (Lipinski definition) is 3. The van der Waals surface area contributed by atoms with Gasteiger partial charge in [-0.05, 0) is 12.1 Å². The van der Waals surface area contributed by atoms with Crippen molar-refractivity contribution in [3.05, 3.63) is 28.3 Å². The molecule has 0 radical (unpaired) electrons. The summed E-state index contributed by atoms with van der Waals surface area (Å²) in [5.41, 5.74) is 0.112. The van der Waals surface area contributed by atoms with Gasteiger partial charge in [-0.25, -0.2) is 4.79 Å². The molecule has 66 valence electrons. The third kappa shape index (κ3) is 1.94. The van der Waals surface area contributed by atoms with Crippen LogP contribution in [0, 0.1) is 11.3 Å². The van der Waals surface area contributed by atoms with Gasteiger partial charge in [0.15, 0.2) is 0 Å². The molecule has 1 aromatic carbocycles. The van der Waals surface area contributed by atoms with Gasteiger partial charge in [-0.3, -0.25) is 0 Å². The van der Waals surface area contributed by atoms with Crippen LogP contribution in [-0.4, -0.2) is 11.1 Å². The van der Waals surface area contributed by atoms with E-state index in [9.17, 15) is 4.79 Å². The first kappa shape index (κ1) is 9.90. The Balaban J connectivity index is 3.41. The van der Waals surface area contributed by atoms with Crippen LogP contribution in [0.1, 0.15) is 15.9 Å². The van der Waals surface area contributed by atoms with Gasteiger partial charge in [0.1, 0.15) is 6.07 Å². The van der Waals surface area contributed by atoms with Crippen molar-refractivity contribution >= 4 is 30.2 Å². The summed E-state index contributed by atoms with van der Waals surface area (Å²) < 4.78 is 0. The van der Waals surface area contributed by atoms with E-state index in [-0.39, 0.29) is 16.1 Å². The Morgan fingerprint density at radius 1 is 1.62 bits per heavy atom. The third-order valence-electron chi connectivity index (χ3n) is 1.44. The van der Waals surface area contributed by atoms with Crippen LogP contribution in [0.5, 0.6) is 0 Å². The fourth-order valence-electron chi connectivity index (χ4n) is 0.816. The molecule has 3 nitrogen and oxygen atoms in total. The van der Waals surface area contributed by atoms with E-state index in [0.717, 1.165) is 0 Å². The molecule has 0 heterocycles. The van der Waals surface area contributed by atoms with Crippen LogP contribution in [0.15, 0.2) is 17.0 Å². The second kappa shape index (κ2) is 3.69.